The fourth-order valence-electron chi connectivity index (χ4n) is 1.82. The van der Waals surface area contributed by atoms with Crippen LogP contribution in [-0.4, -0.2) is 42.1 Å². The van der Waals surface area contributed by atoms with Crippen LogP contribution in [-0.2, 0) is 19.2 Å². The third kappa shape index (κ3) is 7.72. The van der Waals surface area contributed by atoms with Crippen molar-refractivity contribution in [1.29, 1.82) is 0 Å². The van der Waals surface area contributed by atoms with Gasteiger partial charge in [0.15, 0.2) is 0 Å². The summed E-state index contributed by atoms with van der Waals surface area (Å²) in [7, 11) is 0. The van der Waals surface area contributed by atoms with Gasteiger partial charge in [-0.25, -0.2) is 0 Å². The fourth-order valence-corrected chi connectivity index (χ4v) is 1.82. The molecule has 0 aromatic carbocycles. The molecule has 0 radical (unpaired) electrons. The molecule has 2 atom stereocenters. The SMILES string of the molecule is CCCC(N)C(=O)C(=O)NCC(=O)NC(CC(C)C)C(N)=O. The average Bonchev–Trinajstić information content (AvgIpc) is 2.42. The van der Waals surface area contributed by atoms with Crippen LogP contribution >= 0.6 is 0 Å². The molecule has 22 heavy (non-hydrogen) atoms. The molecule has 0 aliphatic heterocycles. The predicted molar refractivity (Wildman–Crippen MR) is 81.5 cm³/mol. The van der Waals surface area contributed by atoms with Crippen LogP contribution in [0.15, 0.2) is 0 Å². The number of primary amides is 1. The van der Waals surface area contributed by atoms with Crippen LogP contribution in [0.4, 0.5) is 0 Å². The number of hydrogen-bond donors (Lipinski definition) is 4. The third-order valence-electron chi connectivity index (χ3n) is 2.96. The molecule has 0 saturated heterocycles. The van der Waals surface area contributed by atoms with Crippen molar-refractivity contribution in [3.63, 3.8) is 0 Å². The molecule has 6 N–H and O–H groups in total. The Hall–Kier alpha value is -1.96. The van der Waals surface area contributed by atoms with Gasteiger partial charge in [-0.3, -0.25) is 19.2 Å². The van der Waals surface area contributed by atoms with Gasteiger partial charge in [-0.1, -0.05) is 27.2 Å². The number of ketones is 1. The summed E-state index contributed by atoms with van der Waals surface area (Å²) < 4.78 is 0. The summed E-state index contributed by atoms with van der Waals surface area (Å²) in [5.74, 6) is -2.73. The molecule has 0 bridgehead atoms. The molecule has 0 aromatic heterocycles. The van der Waals surface area contributed by atoms with Gasteiger partial charge in [-0.2, -0.15) is 0 Å². The Kier molecular flexibility index (Phi) is 9.00. The van der Waals surface area contributed by atoms with E-state index in [0.29, 0.717) is 19.3 Å². The summed E-state index contributed by atoms with van der Waals surface area (Å²) in [6.45, 7) is 5.21. The van der Waals surface area contributed by atoms with E-state index in [4.69, 9.17) is 11.5 Å². The summed E-state index contributed by atoms with van der Waals surface area (Å²) in [5, 5.41) is 4.61. The van der Waals surface area contributed by atoms with Gasteiger partial charge in [0.2, 0.25) is 17.6 Å². The van der Waals surface area contributed by atoms with Gasteiger partial charge >= 0.3 is 0 Å². The van der Waals surface area contributed by atoms with Crippen LogP contribution in [0.1, 0.15) is 40.0 Å². The minimum atomic E-state index is -0.907. The summed E-state index contributed by atoms with van der Waals surface area (Å²) in [6.07, 6.45) is 1.47. The highest BCUT2D eigenvalue weighted by Gasteiger charge is 2.23. The van der Waals surface area contributed by atoms with Crippen molar-refractivity contribution in [2.75, 3.05) is 6.54 Å². The van der Waals surface area contributed by atoms with E-state index in [9.17, 15) is 19.2 Å². The third-order valence-corrected chi connectivity index (χ3v) is 2.96. The molecule has 0 aliphatic rings. The van der Waals surface area contributed by atoms with Crippen LogP contribution in [0.3, 0.4) is 0 Å². The first kappa shape index (κ1) is 20.0. The molecule has 0 spiro atoms. The molecule has 0 aromatic rings. The van der Waals surface area contributed by atoms with Crippen molar-refractivity contribution in [1.82, 2.24) is 10.6 Å². The number of amides is 3. The molecule has 3 amide bonds. The van der Waals surface area contributed by atoms with E-state index < -0.39 is 42.1 Å². The number of carbonyl (C=O) groups excluding carboxylic acids is 4. The molecule has 0 heterocycles. The zero-order valence-corrected chi connectivity index (χ0v) is 13.3. The van der Waals surface area contributed by atoms with E-state index in [1.54, 1.807) is 0 Å². The molecule has 0 fully saturated rings. The van der Waals surface area contributed by atoms with Gasteiger partial charge in [-0.15, -0.1) is 0 Å². The number of hydrogen-bond acceptors (Lipinski definition) is 5. The molecule has 126 valence electrons. The maximum atomic E-state index is 11.7. The largest absolute Gasteiger partial charge is 0.368 e. The summed E-state index contributed by atoms with van der Waals surface area (Å²) in [6, 6.07) is -1.67. The lowest BCUT2D eigenvalue weighted by atomic mass is 10.0. The van der Waals surface area contributed by atoms with Gasteiger partial charge < -0.3 is 22.1 Å². The standard InChI is InChI=1S/C14H26N4O4/c1-4-5-9(15)12(20)14(22)17-7-11(19)18-10(13(16)21)6-8(2)3/h8-10H,4-7,15H2,1-3H3,(H2,16,21)(H,17,22)(H,18,19). The van der Waals surface area contributed by atoms with Crippen LogP contribution in [0, 0.1) is 5.92 Å². The summed E-state index contributed by atoms with van der Waals surface area (Å²) >= 11 is 0. The minimum absolute atomic E-state index is 0.168. The first-order valence-electron chi connectivity index (χ1n) is 7.35. The maximum Gasteiger partial charge on any atom is 0.289 e. The molecule has 0 aliphatic carbocycles. The van der Waals surface area contributed by atoms with Crippen LogP contribution < -0.4 is 22.1 Å². The smallest absolute Gasteiger partial charge is 0.289 e. The second-order valence-corrected chi connectivity index (χ2v) is 5.59. The van der Waals surface area contributed by atoms with Gasteiger partial charge in [0.1, 0.15) is 6.04 Å². The quantitative estimate of drug-likeness (QED) is 0.375. The van der Waals surface area contributed by atoms with Crippen molar-refractivity contribution < 1.29 is 19.2 Å². The van der Waals surface area contributed by atoms with Crippen molar-refractivity contribution in [3.8, 4) is 0 Å². The second kappa shape index (κ2) is 9.88. The van der Waals surface area contributed by atoms with E-state index in [1.807, 2.05) is 20.8 Å². The van der Waals surface area contributed by atoms with Crippen LogP contribution in [0.5, 0.6) is 0 Å². The Balaban J connectivity index is 4.34. The topological polar surface area (TPSA) is 144 Å². The first-order valence-corrected chi connectivity index (χ1v) is 7.35. The number of rotatable bonds is 10. The van der Waals surface area contributed by atoms with Gasteiger partial charge in [0, 0.05) is 0 Å². The minimum Gasteiger partial charge on any atom is -0.368 e. The normalized spacial score (nSPS) is 13.3. The molecule has 2 unspecified atom stereocenters. The number of nitrogens with one attached hydrogen (secondary N) is 2. The predicted octanol–water partition coefficient (Wildman–Crippen LogP) is -1.18. The lowest BCUT2D eigenvalue weighted by Crippen LogP contribution is -2.50. The maximum absolute atomic E-state index is 11.7. The molecule has 0 saturated carbocycles. The molecular weight excluding hydrogens is 288 g/mol. The zero-order valence-electron chi connectivity index (χ0n) is 13.3. The lowest BCUT2D eigenvalue weighted by Gasteiger charge is -2.17. The average molecular weight is 314 g/mol. The van der Waals surface area contributed by atoms with E-state index in [1.165, 1.54) is 0 Å². The summed E-state index contributed by atoms with van der Waals surface area (Å²) in [5.41, 5.74) is 10.7. The van der Waals surface area contributed by atoms with Gasteiger partial charge in [0.05, 0.1) is 12.6 Å². The Bertz CT molecular complexity index is 423. The molecule has 0 rings (SSSR count). The second-order valence-electron chi connectivity index (χ2n) is 5.59. The Morgan fingerprint density at radius 3 is 2.18 bits per heavy atom. The lowest BCUT2D eigenvalue weighted by molar-refractivity contribution is -0.139. The van der Waals surface area contributed by atoms with Gasteiger partial charge in [0.25, 0.3) is 5.91 Å². The van der Waals surface area contributed by atoms with Crippen LogP contribution in [0.25, 0.3) is 0 Å². The van der Waals surface area contributed by atoms with Crippen molar-refractivity contribution >= 4 is 23.5 Å². The molecular formula is C14H26N4O4. The van der Waals surface area contributed by atoms with E-state index >= 15 is 0 Å². The van der Waals surface area contributed by atoms with Gasteiger partial charge in [-0.05, 0) is 18.8 Å². The summed E-state index contributed by atoms with van der Waals surface area (Å²) in [4.78, 5) is 46.0. The zero-order chi connectivity index (χ0) is 17.3. The Morgan fingerprint density at radius 2 is 1.73 bits per heavy atom. The van der Waals surface area contributed by atoms with E-state index in [0.717, 1.165) is 0 Å². The highest BCUT2D eigenvalue weighted by Crippen LogP contribution is 2.04. The molecule has 8 nitrogen and oxygen atoms in total. The molecule has 8 heteroatoms. The monoisotopic (exact) mass is 314 g/mol. The van der Waals surface area contributed by atoms with Crippen LogP contribution in [0.2, 0.25) is 0 Å². The highest BCUT2D eigenvalue weighted by atomic mass is 16.2. The highest BCUT2D eigenvalue weighted by molar-refractivity contribution is 6.38. The number of carbonyl (C=O) groups is 4. The van der Waals surface area contributed by atoms with E-state index in [2.05, 4.69) is 10.6 Å². The Morgan fingerprint density at radius 1 is 1.14 bits per heavy atom. The van der Waals surface area contributed by atoms with Crippen molar-refractivity contribution in [2.24, 2.45) is 17.4 Å². The van der Waals surface area contributed by atoms with Crippen molar-refractivity contribution in [2.45, 2.75) is 52.1 Å². The van der Waals surface area contributed by atoms with E-state index in [-0.39, 0.29) is 5.92 Å². The number of nitrogens with two attached hydrogens (primary N) is 2. The van der Waals surface area contributed by atoms with Crippen molar-refractivity contribution in [3.05, 3.63) is 0 Å². The Labute approximate surface area is 130 Å². The first-order chi connectivity index (χ1) is 10.2. The number of Topliss-reactive ketones (excluding diaryl/α,β-unsaturated/α-hetero) is 1. The fraction of sp³-hybridized carbons (Fsp3) is 0.714.